The molecular weight excluding hydrogens is 258 g/mol. The van der Waals surface area contributed by atoms with Crippen molar-refractivity contribution in [3.05, 3.63) is 5.56 Å². The van der Waals surface area contributed by atoms with Gasteiger partial charge in [-0.05, 0) is 20.8 Å². The van der Waals surface area contributed by atoms with Crippen molar-refractivity contribution in [1.29, 1.82) is 0 Å². The van der Waals surface area contributed by atoms with Crippen molar-refractivity contribution in [3.8, 4) is 0 Å². The van der Waals surface area contributed by atoms with Crippen LogP contribution in [0.4, 0.5) is 11.6 Å². The number of piperazine rings is 1. The number of aromatic nitrogens is 2. The third-order valence-electron chi connectivity index (χ3n) is 3.34. The van der Waals surface area contributed by atoms with Gasteiger partial charge in [0, 0.05) is 26.2 Å². The number of carbonyl (C=O) groups excluding carboxylic acids is 1. The molecule has 112 valence electrons. The Balaban J connectivity index is 2.50. The van der Waals surface area contributed by atoms with E-state index in [4.69, 9.17) is 10.5 Å². The van der Waals surface area contributed by atoms with Crippen LogP contribution in [0.25, 0.3) is 0 Å². The summed E-state index contributed by atoms with van der Waals surface area (Å²) in [7, 11) is 1.36. The molecule has 1 aromatic rings. The van der Waals surface area contributed by atoms with Gasteiger partial charge in [0.1, 0.15) is 11.4 Å². The van der Waals surface area contributed by atoms with Gasteiger partial charge in [-0.2, -0.15) is 5.10 Å². The van der Waals surface area contributed by atoms with Gasteiger partial charge in [-0.1, -0.05) is 0 Å². The summed E-state index contributed by atoms with van der Waals surface area (Å²) in [5.41, 5.74) is 6.20. The molecule has 2 heterocycles. The van der Waals surface area contributed by atoms with Gasteiger partial charge < -0.3 is 20.7 Å². The molecule has 7 heteroatoms. The first-order chi connectivity index (χ1) is 9.36. The number of carbonyl (C=O) groups is 1. The molecule has 0 spiro atoms. The van der Waals surface area contributed by atoms with Crippen molar-refractivity contribution < 1.29 is 9.53 Å². The number of nitrogens with zero attached hydrogens (tertiary/aromatic N) is 3. The van der Waals surface area contributed by atoms with Crippen molar-refractivity contribution >= 4 is 17.6 Å². The molecule has 1 aromatic heterocycles. The molecule has 20 heavy (non-hydrogen) atoms. The van der Waals surface area contributed by atoms with Gasteiger partial charge in [-0.3, -0.25) is 0 Å². The molecule has 0 unspecified atom stereocenters. The number of rotatable bonds is 2. The first-order valence-electron chi connectivity index (χ1n) is 6.79. The van der Waals surface area contributed by atoms with Crippen LogP contribution >= 0.6 is 0 Å². The van der Waals surface area contributed by atoms with Crippen LogP contribution in [0.3, 0.4) is 0 Å². The first-order valence-corrected chi connectivity index (χ1v) is 6.79. The van der Waals surface area contributed by atoms with Crippen LogP contribution in [0.2, 0.25) is 0 Å². The SMILES string of the molecule is COC(=O)c1c(N2CCNCC2)nn(C(C)(C)C)c1N. The fourth-order valence-electron chi connectivity index (χ4n) is 2.33. The third-order valence-corrected chi connectivity index (χ3v) is 3.34. The van der Waals surface area contributed by atoms with Crippen molar-refractivity contribution in [2.45, 2.75) is 26.3 Å². The minimum atomic E-state index is -0.438. The topological polar surface area (TPSA) is 85.4 Å². The van der Waals surface area contributed by atoms with Gasteiger partial charge in [0.15, 0.2) is 5.82 Å². The van der Waals surface area contributed by atoms with E-state index < -0.39 is 5.97 Å². The van der Waals surface area contributed by atoms with E-state index in [0.717, 1.165) is 26.2 Å². The summed E-state index contributed by atoms with van der Waals surface area (Å²) in [5, 5.41) is 7.84. The highest BCUT2D eigenvalue weighted by atomic mass is 16.5. The lowest BCUT2D eigenvalue weighted by Crippen LogP contribution is -2.44. The molecule has 1 fully saturated rings. The molecule has 0 aromatic carbocycles. The zero-order valence-corrected chi connectivity index (χ0v) is 12.6. The molecular formula is C13H23N5O2. The lowest BCUT2D eigenvalue weighted by Gasteiger charge is -2.28. The maximum absolute atomic E-state index is 12.0. The highest BCUT2D eigenvalue weighted by Crippen LogP contribution is 2.30. The number of methoxy groups -OCH3 is 1. The molecule has 0 saturated carbocycles. The molecule has 0 radical (unpaired) electrons. The molecule has 2 rings (SSSR count). The fourth-order valence-corrected chi connectivity index (χ4v) is 2.33. The lowest BCUT2D eigenvalue weighted by atomic mass is 10.1. The molecule has 7 nitrogen and oxygen atoms in total. The van der Waals surface area contributed by atoms with Crippen LogP contribution in [0.15, 0.2) is 0 Å². The van der Waals surface area contributed by atoms with E-state index in [2.05, 4.69) is 15.3 Å². The number of anilines is 2. The summed E-state index contributed by atoms with van der Waals surface area (Å²) in [4.78, 5) is 14.1. The summed E-state index contributed by atoms with van der Waals surface area (Å²) in [6.07, 6.45) is 0. The summed E-state index contributed by atoms with van der Waals surface area (Å²) >= 11 is 0. The Morgan fingerprint density at radius 3 is 2.45 bits per heavy atom. The zero-order chi connectivity index (χ0) is 14.9. The number of esters is 1. The second kappa shape index (κ2) is 5.32. The Kier molecular flexibility index (Phi) is 3.89. The molecule has 1 aliphatic rings. The van der Waals surface area contributed by atoms with Gasteiger partial charge in [0.05, 0.1) is 12.6 Å². The average molecular weight is 281 g/mol. The van der Waals surface area contributed by atoms with E-state index in [1.54, 1.807) is 4.68 Å². The zero-order valence-electron chi connectivity index (χ0n) is 12.6. The normalized spacial score (nSPS) is 16.3. The van der Waals surface area contributed by atoms with E-state index >= 15 is 0 Å². The average Bonchev–Trinajstić information content (AvgIpc) is 2.76. The van der Waals surface area contributed by atoms with Crippen LogP contribution in [0.1, 0.15) is 31.1 Å². The highest BCUT2D eigenvalue weighted by Gasteiger charge is 2.30. The molecule has 0 aliphatic carbocycles. The predicted octanol–water partition coefficient (Wildman–Crippen LogP) is 0.417. The molecule has 1 saturated heterocycles. The third kappa shape index (κ3) is 2.58. The molecule has 0 amide bonds. The van der Waals surface area contributed by atoms with Crippen LogP contribution in [-0.4, -0.2) is 49.0 Å². The second-order valence-electron chi connectivity index (χ2n) is 5.90. The van der Waals surface area contributed by atoms with E-state index in [1.165, 1.54) is 7.11 Å². The van der Waals surface area contributed by atoms with Gasteiger partial charge in [0.2, 0.25) is 0 Å². The van der Waals surface area contributed by atoms with Crippen molar-refractivity contribution in [2.24, 2.45) is 0 Å². The highest BCUT2D eigenvalue weighted by molar-refractivity contribution is 5.99. The Morgan fingerprint density at radius 1 is 1.35 bits per heavy atom. The number of ether oxygens (including phenoxy) is 1. The van der Waals surface area contributed by atoms with Gasteiger partial charge in [-0.25, -0.2) is 9.48 Å². The molecule has 3 N–H and O–H groups in total. The second-order valence-corrected chi connectivity index (χ2v) is 5.90. The Hall–Kier alpha value is -1.76. The smallest absolute Gasteiger partial charge is 0.345 e. The molecule has 0 bridgehead atoms. The number of hydrogen-bond acceptors (Lipinski definition) is 6. The Bertz CT molecular complexity index is 498. The standard InChI is InChI=1S/C13H23N5O2/c1-13(2,3)18-10(14)9(12(19)20-4)11(16-18)17-7-5-15-6-8-17/h15H,5-8,14H2,1-4H3. The predicted molar refractivity (Wildman–Crippen MR) is 78.1 cm³/mol. The Morgan fingerprint density at radius 2 is 1.95 bits per heavy atom. The van der Waals surface area contributed by atoms with Crippen molar-refractivity contribution in [2.75, 3.05) is 43.9 Å². The minimum Gasteiger partial charge on any atom is -0.465 e. The molecule has 0 atom stereocenters. The summed E-state index contributed by atoms with van der Waals surface area (Å²) in [6.45, 7) is 9.32. The summed E-state index contributed by atoms with van der Waals surface area (Å²) < 4.78 is 6.55. The number of nitrogen functional groups attached to an aromatic ring is 1. The largest absolute Gasteiger partial charge is 0.465 e. The fraction of sp³-hybridized carbons (Fsp3) is 0.692. The van der Waals surface area contributed by atoms with Gasteiger partial charge in [-0.15, -0.1) is 0 Å². The van der Waals surface area contributed by atoms with Crippen molar-refractivity contribution in [3.63, 3.8) is 0 Å². The quantitative estimate of drug-likeness (QED) is 0.764. The number of hydrogen-bond donors (Lipinski definition) is 2. The van der Waals surface area contributed by atoms with E-state index in [0.29, 0.717) is 17.2 Å². The number of nitrogens with two attached hydrogens (primary N) is 1. The van der Waals surface area contributed by atoms with Crippen LogP contribution in [0, 0.1) is 0 Å². The summed E-state index contributed by atoms with van der Waals surface area (Å²) in [5.74, 6) is 0.537. The first kappa shape index (κ1) is 14.6. The van der Waals surface area contributed by atoms with Crippen LogP contribution < -0.4 is 16.0 Å². The minimum absolute atomic E-state index is 0.293. The van der Waals surface area contributed by atoms with Crippen LogP contribution in [0.5, 0.6) is 0 Å². The van der Waals surface area contributed by atoms with E-state index in [9.17, 15) is 4.79 Å². The Labute approximate surface area is 119 Å². The maximum Gasteiger partial charge on any atom is 0.345 e. The summed E-state index contributed by atoms with van der Waals surface area (Å²) in [6, 6.07) is 0. The van der Waals surface area contributed by atoms with E-state index in [-0.39, 0.29) is 5.54 Å². The lowest BCUT2D eigenvalue weighted by molar-refractivity contribution is 0.0602. The van der Waals surface area contributed by atoms with Gasteiger partial charge in [0.25, 0.3) is 0 Å². The number of nitrogens with one attached hydrogen (secondary N) is 1. The van der Waals surface area contributed by atoms with E-state index in [1.807, 2.05) is 20.8 Å². The van der Waals surface area contributed by atoms with Crippen LogP contribution in [-0.2, 0) is 10.3 Å². The maximum atomic E-state index is 12.0. The van der Waals surface area contributed by atoms with Gasteiger partial charge >= 0.3 is 5.97 Å². The van der Waals surface area contributed by atoms with Crippen molar-refractivity contribution in [1.82, 2.24) is 15.1 Å². The monoisotopic (exact) mass is 281 g/mol. The molecule has 1 aliphatic heterocycles.